The molecular weight excluding hydrogens is 172 g/mol. The molecule has 0 saturated carbocycles. The van der Waals surface area contributed by atoms with Gasteiger partial charge in [-0.1, -0.05) is 0 Å². The summed E-state index contributed by atoms with van der Waals surface area (Å²) in [4.78, 5) is 7.94. The van der Waals surface area contributed by atoms with Crippen LogP contribution in [0.2, 0.25) is 0 Å². The van der Waals surface area contributed by atoms with Crippen LogP contribution >= 0.6 is 0 Å². The number of methoxy groups -OCH3 is 2. The second kappa shape index (κ2) is 3.79. The molecule has 0 aliphatic rings. The normalized spacial score (nSPS) is 9.46. The van der Waals surface area contributed by atoms with E-state index in [4.69, 9.17) is 15.2 Å². The summed E-state index contributed by atoms with van der Waals surface area (Å²) in [5.74, 6) is 1.01. The van der Waals surface area contributed by atoms with Crippen molar-refractivity contribution in [2.24, 2.45) is 0 Å². The lowest BCUT2D eigenvalue weighted by molar-refractivity contribution is 0.377. The van der Waals surface area contributed by atoms with Crippen molar-refractivity contribution in [3.63, 3.8) is 0 Å². The number of rotatable bonds is 3. The average molecular weight is 184 g/mol. The Morgan fingerprint density at radius 2 is 1.62 bits per heavy atom. The van der Waals surface area contributed by atoms with E-state index in [1.165, 1.54) is 14.2 Å². The molecule has 1 heterocycles. The summed E-state index contributed by atoms with van der Waals surface area (Å²) >= 11 is 0. The molecular formula is C7H12N4O2. The van der Waals surface area contributed by atoms with Crippen LogP contribution in [0.4, 0.5) is 11.6 Å². The van der Waals surface area contributed by atoms with E-state index in [1.807, 2.05) is 0 Å². The van der Waals surface area contributed by atoms with Gasteiger partial charge in [-0.05, 0) is 0 Å². The molecule has 0 spiro atoms. The number of nitrogen functional groups attached to an aromatic ring is 1. The van der Waals surface area contributed by atoms with Crippen molar-refractivity contribution < 1.29 is 9.47 Å². The van der Waals surface area contributed by atoms with Crippen LogP contribution in [0, 0.1) is 0 Å². The summed E-state index contributed by atoms with van der Waals surface area (Å²) in [6, 6.07) is 0. The van der Waals surface area contributed by atoms with E-state index in [0.717, 1.165) is 0 Å². The van der Waals surface area contributed by atoms with Gasteiger partial charge < -0.3 is 20.5 Å². The van der Waals surface area contributed by atoms with Crippen LogP contribution in [0.5, 0.6) is 11.8 Å². The summed E-state index contributed by atoms with van der Waals surface area (Å²) in [6.07, 6.45) is 0. The van der Waals surface area contributed by atoms with E-state index in [9.17, 15) is 0 Å². The smallest absolute Gasteiger partial charge is 0.245 e. The number of ether oxygens (including phenoxy) is 2. The third kappa shape index (κ3) is 1.71. The first-order chi connectivity index (χ1) is 6.22. The van der Waals surface area contributed by atoms with Gasteiger partial charge in [0.25, 0.3) is 0 Å². The van der Waals surface area contributed by atoms with E-state index in [2.05, 4.69) is 15.3 Å². The van der Waals surface area contributed by atoms with E-state index in [0.29, 0.717) is 23.4 Å². The van der Waals surface area contributed by atoms with Gasteiger partial charge in [-0.15, -0.1) is 0 Å². The van der Waals surface area contributed by atoms with E-state index >= 15 is 0 Å². The Morgan fingerprint density at radius 3 is 1.92 bits per heavy atom. The number of hydrogen-bond donors (Lipinski definition) is 2. The van der Waals surface area contributed by atoms with Crippen molar-refractivity contribution in [3.05, 3.63) is 0 Å². The molecule has 1 aromatic heterocycles. The number of anilines is 2. The van der Waals surface area contributed by atoms with Gasteiger partial charge in [0.15, 0.2) is 5.69 Å². The lowest BCUT2D eigenvalue weighted by Gasteiger charge is -2.08. The van der Waals surface area contributed by atoms with Crippen LogP contribution in [-0.2, 0) is 0 Å². The minimum absolute atomic E-state index is 0.295. The Balaban J connectivity index is 3.20. The zero-order chi connectivity index (χ0) is 9.84. The minimum Gasteiger partial charge on any atom is -0.479 e. The third-order valence-corrected chi connectivity index (χ3v) is 1.49. The molecule has 0 fully saturated rings. The summed E-state index contributed by atoms with van der Waals surface area (Å²) in [5.41, 5.74) is 5.92. The fourth-order valence-corrected chi connectivity index (χ4v) is 0.852. The zero-order valence-corrected chi connectivity index (χ0v) is 7.79. The fourth-order valence-electron chi connectivity index (χ4n) is 0.852. The van der Waals surface area contributed by atoms with E-state index in [1.54, 1.807) is 7.05 Å². The molecule has 3 N–H and O–H groups in total. The summed E-state index contributed by atoms with van der Waals surface area (Å²) in [6.45, 7) is 0. The van der Waals surface area contributed by atoms with Gasteiger partial charge in [0.2, 0.25) is 17.7 Å². The topological polar surface area (TPSA) is 82.3 Å². The predicted molar refractivity (Wildman–Crippen MR) is 49.1 cm³/mol. The van der Waals surface area contributed by atoms with Crippen LogP contribution in [0.1, 0.15) is 0 Å². The van der Waals surface area contributed by atoms with Gasteiger partial charge in [-0.2, -0.15) is 9.97 Å². The molecule has 0 amide bonds. The largest absolute Gasteiger partial charge is 0.479 e. The molecule has 13 heavy (non-hydrogen) atoms. The first kappa shape index (κ1) is 9.37. The lowest BCUT2D eigenvalue weighted by Crippen LogP contribution is -2.05. The molecule has 0 unspecified atom stereocenters. The molecule has 1 aromatic rings. The number of hydrogen-bond acceptors (Lipinski definition) is 6. The maximum absolute atomic E-state index is 5.63. The highest BCUT2D eigenvalue weighted by atomic mass is 16.5. The van der Waals surface area contributed by atoms with Gasteiger partial charge in [0, 0.05) is 7.05 Å². The predicted octanol–water partition coefficient (Wildman–Crippen LogP) is 0.118. The highest BCUT2D eigenvalue weighted by Crippen LogP contribution is 2.28. The average Bonchev–Trinajstić information content (AvgIpc) is 2.18. The monoisotopic (exact) mass is 184 g/mol. The van der Waals surface area contributed by atoms with Gasteiger partial charge in [-0.25, -0.2) is 0 Å². The summed E-state index contributed by atoms with van der Waals surface area (Å²) < 4.78 is 9.87. The number of nitrogens with one attached hydrogen (secondary N) is 1. The first-order valence-corrected chi connectivity index (χ1v) is 3.66. The maximum Gasteiger partial charge on any atom is 0.245 e. The quantitative estimate of drug-likeness (QED) is 0.694. The van der Waals surface area contributed by atoms with Crippen LogP contribution in [0.25, 0.3) is 0 Å². The lowest BCUT2D eigenvalue weighted by atomic mass is 10.5. The SMILES string of the molecule is CNc1nc(OC)c(N)c(OC)n1. The molecule has 72 valence electrons. The van der Waals surface area contributed by atoms with E-state index in [-0.39, 0.29) is 0 Å². The second-order valence-electron chi connectivity index (χ2n) is 2.23. The Hall–Kier alpha value is -1.72. The van der Waals surface area contributed by atoms with Crippen molar-refractivity contribution in [2.75, 3.05) is 32.3 Å². The van der Waals surface area contributed by atoms with Gasteiger partial charge >= 0.3 is 0 Å². The van der Waals surface area contributed by atoms with Crippen molar-refractivity contribution in [1.82, 2.24) is 9.97 Å². The third-order valence-electron chi connectivity index (χ3n) is 1.49. The molecule has 0 radical (unpaired) electrons. The van der Waals surface area contributed by atoms with Crippen LogP contribution in [0.3, 0.4) is 0 Å². The highest BCUT2D eigenvalue weighted by molar-refractivity contribution is 5.58. The molecule has 0 saturated heterocycles. The molecule has 0 aliphatic carbocycles. The molecule has 0 bridgehead atoms. The van der Waals surface area contributed by atoms with E-state index < -0.39 is 0 Å². The van der Waals surface area contributed by atoms with Crippen molar-refractivity contribution in [2.45, 2.75) is 0 Å². The van der Waals surface area contributed by atoms with Crippen molar-refractivity contribution in [3.8, 4) is 11.8 Å². The van der Waals surface area contributed by atoms with Crippen molar-refractivity contribution >= 4 is 11.6 Å². The van der Waals surface area contributed by atoms with Gasteiger partial charge in [0.05, 0.1) is 14.2 Å². The summed E-state index contributed by atoms with van der Waals surface area (Å²) in [7, 11) is 4.67. The fraction of sp³-hybridized carbons (Fsp3) is 0.429. The molecule has 0 aromatic carbocycles. The molecule has 6 heteroatoms. The Bertz CT molecular complexity index is 278. The maximum atomic E-state index is 5.63. The Kier molecular flexibility index (Phi) is 2.73. The van der Waals surface area contributed by atoms with Crippen molar-refractivity contribution in [1.29, 1.82) is 0 Å². The molecule has 6 nitrogen and oxygen atoms in total. The Morgan fingerprint density at radius 1 is 1.15 bits per heavy atom. The van der Waals surface area contributed by atoms with Crippen LogP contribution < -0.4 is 20.5 Å². The van der Waals surface area contributed by atoms with Crippen LogP contribution in [0.15, 0.2) is 0 Å². The minimum atomic E-state index is 0.295. The number of nitrogens with two attached hydrogens (primary N) is 1. The van der Waals surface area contributed by atoms with Crippen LogP contribution in [-0.4, -0.2) is 31.2 Å². The standard InChI is InChI=1S/C7H12N4O2/c1-9-7-10-5(12-2)4(8)6(11-7)13-3/h8H2,1-3H3,(H,9,10,11). The Labute approximate surface area is 76.1 Å². The summed E-state index contributed by atoms with van der Waals surface area (Å²) in [5, 5.41) is 2.77. The highest BCUT2D eigenvalue weighted by Gasteiger charge is 2.11. The van der Waals surface area contributed by atoms with Gasteiger partial charge in [-0.3, -0.25) is 0 Å². The van der Waals surface area contributed by atoms with Gasteiger partial charge in [0.1, 0.15) is 0 Å². The molecule has 1 rings (SSSR count). The zero-order valence-electron chi connectivity index (χ0n) is 7.79. The number of aromatic nitrogens is 2. The molecule has 0 aliphatic heterocycles. The first-order valence-electron chi connectivity index (χ1n) is 3.66. The second-order valence-corrected chi connectivity index (χ2v) is 2.23. The number of nitrogens with zero attached hydrogens (tertiary/aromatic N) is 2. The molecule has 0 atom stereocenters.